The number of hydrogen-bond donors (Lipinski definition) is 1. The molecule has 1 aliphatic carbocycles. The Balaban J connectivity index is 1.92. The number of nitrogens with two attached hydrogens (primary N) is 1. The monoisotopic (exact) mass is 266 g/mol. The summed E-state index contributed by atoms with van der Waals surface area (Å²) in [4.78, 5) is 1.13. The Hall–Kier alpha value is -1.13. The third kappa shape index (κ3) is 2.28. The molecule has 17 heavy (non-hydrogen) atoms. The van der Waals surface area contributed by atoms with Crippen molar-refractivity contribution in [2.24, 2.45) is 0 Å². The summed E-state index contributed by atoms with van der Waals surface area (Å²) in [6.07, 6.45) is 4.19. The van der Waals surface area contributed by atoms with E-state index in [0.717, 1.165) is 26.3 Å². The van der Waals surface area contributed by atoms with Crippen molar-refractivity contribution in [2.75, 3.05) is 5.73 Å². The lowest BCUT2D eigenvalue weighted by Crippen LogP contribution is -1.85. The first-order chi connectivity index (χ1) is 8.24. The topological polar surface area (TPSA) is 52.0 Å². The fraction of sp³-hybridized carbons (Fsp3) is 0.250. The van der Waals surface area contributed by atoms with Gasteiger partial charge in [-0.25, -0.2) is 0 Å². The molecule has 3 nitrogen and oxygen atoms in total. The van der Waals surface area contributed by atoms with Gasteiger partial charge in [0, 0.05) is 10.1 Å². The number of halogens is 1. The first-order valence-corrected chi connectivity index (χ1v) is 6.66. The quantitative estimate of drug-likeness (QED) is 0.917. The van der Waals surface area contributed by atoms with Gasteiger partial charge in [-0.2, -0.15) is 0 Å². The van der Waals surface area contributed by atoms with E-state index in [9.17, 15) is 0 Å². The summed E-state index contributed by atoms with van der Waals surface area (Å²) in [6.45, 7) is 0. The van der Waals surface area contributed by atoms with Crippen molar-refractivity contribution >= 4 is 29.2 Å². The zero-order valence-electron chi connectivity index (χ0n) is 9.02. The molecular formula is C12H11ClN2OS. The molecule has 0 atom stereocenters. The van der Waals surface area contributed by atoms with Crippen molar-refractivity contribution in [3.8, 4) is 11.1 Å². The van der Waals surface area contributed by atoms with Gasteiger partial charge >= 0.3 is 0 Å². The molecule has 1 saturated carbocycles. The molecule has 1 aromatic heterocycles. The summed E-state index contributed by atoms with van der Waals surface area (Å²) >= 11 is 8.10. The van der Waals surface area contributed by atoms with E-state index < -0.39 is 0 Å². The van der Waals surface area contributed by atoms with Gasteiger partial charge in [0.1, 0.15) is 0 Å². The Morgan fingerprint density at radius 2 is 2.24 bits per heavy atom. The van der Waals surface area contributed by atoms with Crippen LogP contribution in [0.3, 0.4) is 0 Å². The standard InChI is InChI=1S/C12H11ClN2OS/c13-10-5-7(9-6-15-16-12(9)14)1-4-11(10)17-8-2-3-8/h1,4-6,8H,2-3,14H2. The third-order valence-corrected chi connectivity index (χ3v) is 4.50. The van der Waals surface area contributed by atoms with Crippen molar-refractivity contribution in [3.63, 3.8) is 0 Å². The number of aromatic nitrogens is 1. The van der Waals surface area contributed by atoms with E-state index in [1.54, 1.807) is 6.20 Å². The molecule has 0 unspecified atom stereocenters. The number of benzene rings is 1. The van der Waals surface area contributed by atoms with E-state index in [1.165, 1.54) is 12.8 Å². The van der Waals surface area contributed by atoms with Crippen molar-refractivity contribution in [1.82, 2.24) is 5.16 Å². The van der Waals surface area contributed by atoms with Crippen LogP contribution in [0.25, 0.3) is 11.1 Å². The zero-order chi connectivity index (χ0) is 11.8. The van der Waals surface area contributed by atoms with Crippen LogP contribution in [-0.2, 0) is 0 Å². The minimum Gasteiger partial charge on any atom is -0.367 e. The van der Waals surface area contributed by atoms with E-state index in [1.807, 2.05) is 30.0 Å². The zero-order valence-corrected chi connectivity index (χ0v) is 10.6. The van der Waals surface area contributed by atoms with E-state index in [4.69, 9.17) is 21.9 Å². The molecule has 5 heteroatoms. The molecule has 0 amide bonds. The first-order valence-electron chi connectivity index (χ1n) is 5.41. The lowest BCUT2D eigenvalue weighted by Gasteiger charge is -2.05. The maximum absolute atomic E-state index is 6.26. The Morgan fingerprint density at radius 3 is 2.82 bits per heavy atom. The van der Waals surface area contributed by atoms with Gasteiger partial charge in [-0.1, -0.05) is 22.8 Å². The SMILES string of the molecule is Nc1oncc1-c1ccc(SC2CC2)c(Cl)c1. The highest BCUT2D eigenvalue weighted by Gasteiger charge is 2.23. The molecular weight excluding hydrogens is 256 g/mol. The highest BCUT2D eigenvalue weighted by atomic mass is 35.5. The van der Waals surface area contributed by atoms with Gasteiger partial charge in [0.25, 0.3) is 0 Å². The smallest absolute Gasteiger partial charge is 0.229 e. The van der Waals surface area contributed by atoms with Gasteiger partial charge in [-0.15, -0.1) is 11.8 Å². The van der Waals surface area contributed by atoms with Gasteiger partial charge in [-0.3, -0.25) is 0 Å². The number of anilines is 1. The third-order valence-electron chi connectivity index (χ3n) is 2.66. The van der Waals surface area contributed by atoms with Crippen LogP contribution in [0.5, 0.6) is 0 Å². The summed E-state index contributed by atoms with van der Waals surface area (Å²) in [5, 5.41) is 5.17. The van der Waals surface area contributed by atoms with Crippen LogP contribution in [0.2, 0.25) is 5.02 Å². The van der Waals surface area contributed by atoms with Crippen molar-refractivity contribution in [2.45, 2.75) is 23.0 Å². The Bertz CT molecular complexity index is 551. The van der Waals surface area contributed by atoms with Crippen LogP contribution in [-0.4, -0.2) is 10.4 Å². The molecule has 2 aromatic rings. The van der Waals surface area contributed by atoms with Gasteiger partial charge in [0.15, 0.2) is 0 Å². The van der Waals surface area contributed by atoms with Gasteiger partial charge < -0.3 is 10.3 Å². The molecule has 1 heterocycles. The molecule has 88 valence electrons. The van der Waals surface area contributed by atoms with E-state index in [2.05, 4.69) is 5.16 Å². The summed E-state index contributed by atoms with van der Waals surface area (Å²) in [6, 6.07) is 5.95. The van der Waals surface area contributed by atoms with Crippen molar-refractivity contribution < 1.29 is 4.52 Å². The molecule has 0 radical (unpaired) electrons. The number of hydrogen-bond acceptors (Lipinski definition) is 4. The fourth-order valence-corrected chi connectivity index (χ4v) is 2.96. The Labute approximate surface area is 108 Å². The Morgan fingerprint density at radius 1 is 1.41 bits per heavy atom. The minimum absolute atomic E-state index is 0.323. The van der Waals surface area contributed by atoms with E-state index in [0.29, 0.717) is 5.88 Å². The predicted molar refractivity (Wildman–Crippen MR) is 70.2 cm³/mol. The molecule has 0 spiro atoms. The highest BCUT2D eigenvalue weighted by Crippen LogP contribution is 2.42. The normalized spacial score (nSPS) is 15.1. The molecule has 2 N–H and O–H groups in total. The lowest BCUT2D eigenvalue weighted by atomic mass is 10.1. The second kappa shape index (κ2) is 4.27. The van der Waals surface area contributed by atoms with Crippen molar-refractivity contribution in [3.05, 3.63) is 29.4 Å². The number of nitrogens with zero attached hydrogens (tertiary/aromatic N) is 1. The van der Waals surface area contributed by atoms with Crippen LogP contribution in [0.4, 0.5) is 5.88 Å². The van der Waals surface area contributed by atoms with Crippen LogP contribution in [0, 0.1) is 0 Å². The van der Waals surface area contributed by atoms with Crippen molar-refractivity contribution in [1.29, 1.82) is 0 Å². The fourth-order valence-electron chi connectivity index (χ4n) is 1.59. The summed E-state index contributed by atoms with van der Waals surface area (Å²) < 4.78 is 4.84. The second-order valence-corrected chi connectivity index (χ2v) is 5.82. The Kier molecular flexibility index (Phi) is 2.76. The van der Waals surface area contributed by atoms with E-state index in [-0.39, 0.29) is 0 Å². The minimum atomic E-state index is 0.323. The summed E-state index contributed by atoms with van der Waals surface area (Å²) in [5.41, 5.74) is 7.40. The average Bonchev–Trinajstić information content (AvgIpc) is 3.02. The molecule has 1 aliphatic rings. The maximum Gasteiger partial charge on any atom is 0.229 e. The summed E-state index contributed by atoms with van der Waals surface area (Å²) in [5.74, 6) is 0.323. The van der Waals surface area contributed by atoms with Gasteiger partial charge in [0.2, 0.25) is 5.88 Å². The lowest BCUT2D eigenvalue weighted by molar-refractivity contribution is 0.436. The van der Waals surface area contributed by atoms with Crippen LogP contribution in [0.15, 0.2) is 33.8 Å². The average molecular weight is 267 g/mol. The molecule has 0 bridgehead atoms. The molecule has 1 aromatic carbocycles. The van der Waals surface area contributed by atoms with E-state index >= 15 is 0 Å². The maximum atomic E-state index is 6.26. The number of thioether (sulfide) groups is 1. The first kappa shape index (κ1) is 11.0. The van der Waals surface area contributed by atoms with Gasteiger partial charge in [-0.05, 0) is 30.5 Å². The van der Waals surface area contributed by atoms with Crippen LogP contribution in [0.1, 0.15) is 12.8 Å². The summed E-state index contributed by atoms with van der Waals surface area (Å²) in [7, 11) is 0. The molecule has 1 fully saturated rings. The molecule has 0 saturated heterocycles. The second-order valence-electron chi connectivity index (χ2n) is 4.07. The molecule has 0 aliphatic heterocycles. The van der Waals surface area contributed by atoms with Crippen LogP contribution < -0.4 is 5.73 Å². The van der Waals surface area contributed by atoms with Crippen LogP contribution >= 0.6 is 23.4 Å². The predicted octanol–water partition coefficient (Wildman–Crippen LogP) is 3.83. The molecule has 3 rings (SSSR count). The highest BCUT2D eigenvalue weighted by molar-refractivity contribution is 8.00. The largest absolute Gasteiger partial charge is 0.367 e. The number of rotatable bonds is 3. The number of nitrogen functional groups attached to an aromatic ring is 1. The van der Waals surface area contributed by atoms with Gasteiger partial charge in [0.05, 0.1) is 16.8 Å².